The molecule has 0 fully saturated rings. The van der Waals surface area contributed by atoms with Crippen LogP contribution in [0.4, 0.5) is 5.69 Å². The van der Waals surface area contributed by atoms with Crippen molar-refractivity contribution in [1.29, 1.82) is 0 Å². The lowest BCUT2D eigenvalue weighted by molar-refractivity contribution is 0.102. The average molecular weight is 265 g/mol. The van der Waals surface area contributed by atoms with E-state index < -0.39 is 0 Å². The summed E-state index contributed by atoms with van der Waals surface area (Å²) in [5.74, 6) is -0.121. The zero-order valence-electron chi connectivity index (χ0n) is 11.4. The number of carbonyl (C=O) groups excluding carboxylic acids is 1. The molecule has 3 aromatic rings. The van der Waals surface area contributed by atoms with Crippen molar-refractivity contribution < 1.29 is 4.79 Å². The van der Waals surface area contributed by atoms with Crippen LogP contribution in [0.2, 0.25) is 0 Å². The monoisotopic (exact) mass is 265 g/mol. The Bertz CT molecular complexity index is 789. The van der Waals surface area contributed by atoms with Gasteiger partial charge in [-0.3, -0.25) is 9.89 Å². The average Bonchev–Trinajstić information content (AvgIpc) is 2.90. The van der Waals surface area contributed by atoms with E-state index in [2.05, 4.69) is 15.5 Å². The molecule has 0 aliphatic rings. The van der Waals surface area contributed by atoms with Crippen molar-refractivity contribution in [2.24, 2.45) is 0 Å². The predicted molar refractivity (Wildman–Crippen MR) is 80.0 cm³/mol. The van der Waals surface area contributed by atoms with E-state index in [1.807, 2.05) is 44.2 Å². The molecule has 3 rings (SSSR count). The van der Waals surface area contributed by atoms with Crippen molar-refractivity contribution in [3.8, 4) is 0 Å². The largest absolute Gasteiger partial charge is 0.322 e. The second kappa shape index (κ2) is 4.81. The van der Waals surface area contributed by atoms with Gasteiger partial charge in [0.1, 0.15) is 0 Å². The van der Waals surface area contributed by atoms with Crippen molar-refractivity contribution in [2.45, 2.75) is 13.8 Å². The van der Waals surface area contributed by atoms with Gasteiger partial charge in [0.15, 0.2) is 0 Å². The lowest BCUT2D eigenvalue weighted by atomic mass is 10.1. The fourth-order valence-electron chi connectivity index (χ4n) is 2.31. The Hall–Kier alpha value is -2.62. The van der Waals surface area contributed by atoms with Gasteiger partial charge < -0.3 is 5.32 Å². The van der Waals surface area contributed by atoms with E-state index in [9.17, 15) is 4.79 Å². The number of anilines is 1. The summed E-state index contributed by atoms with van der Waals surface area (Å²) in [4.78, 5) is 12.4. The van der Waals surface area contributed by atoms with Crippen molar-refractivity contribution in [2.75, 3.05) is 5.32 Å². The van der Waals surface area contributed by atoms with Gasteiger partial charge in [0.2, 0.25) is 0 Å². The number of nitrogens with zero attached hydrogens (tertiary/aromatic N) is 1. The second-order valence-corrected chi connectivity index (χ2v) is 4.91. The second-order valence-electron chi connectivity index (χ2n) is 4.91. The molecule has 0 saturated heterocycles. The standard InChI is InChI=1S/C16H15N3O/c1-10-6-7-14(11(2)8-10)18-16(20)12-4-3-5-15-13(12)9-17-19-15/h3-9H,1-2H3,(H,17,19)(H,18,20). The van der Waals surface area contributed by atoms with Crippen LogP contribution in [-0.2, 0) is 0 Å². The van der Waals surface area contributed by atoms with Gasteiger partial charge in [-0.1, -0.05) is 23.8 Å². The lowest BCUT2D eigenvalue weighted by Gasteiger charge is -2.09. The molecule has 2 aromatic carbocycles. The van der Waals surface area contributed by atoms with Gasteiger partial charge >= 0.3 is 0 Å². The third-order valence-corrected chi connectivity index (χ3v) is 3.36. The number of hydrogen-bond donors (Lipinski definition) is 2. The molecule has 0 aliphatic heterocycles. The number of aromatic nitrogens is 2. The molecule has 1 aromatic heterocycles. The Morgan fingerprint density at radius 3 is 2.85 bits per heavy atom. The lowest BCUT2D eigenvalue weighted by Crippen LogP contribution is -2.13. The highest BCUT2D eigenvalue weighted by atomic mass is 16.1. The van der Waals surface area contributed by atoms with Crippen LogP contribution >= 0.6 is 0 Å². The summed E-state index contributed by atoms with van der Waals surface area (Å²) in [7, 11) is 0. The minimum Gasteiger partial charge on any atom is -0.322 e. The molecular formula is C16H15N3O. The zero-order chi connectivity index (χ0) is 14.1. The number of aromatic amines is 1. The van der Waals surface area contributed by atoms with Crippen LogP contribution in [0, 0.1) is 13.8 Å². The van der Waals surface area contributed by atoms with Gasteiger partial charge in [0, 0.05) is 11.1 Å². The van der Waals surface area contributed by atoms with E-state index in [4.69, 9.17) is 0 Å². The summed E-state index contributed by atoms with van der Waals surface area (Å²) >= 11 is 0. The van der Waals surface area contributed by atoms with Crippen LogP contribution in [0.5, 0.6) is 0 Å². The molecule has 0 spiro atoms. The van der Waals surface area contributed by atoms with Crippen LogP contribution in [0.25, 0.3) is 10.9 Å². The molecule has 2 N–H and O–H groups in total. The molecule has 1 amide bonds. The van der Waals surface area contributed by atoms with E-state index in [1.54, 1.807) is 12.3 Å². The van der Waals surface area contributed by atoms with Crippen LogP contribution in [0.3, 0.4) is 0 Å². The highest BCUT2D eigenvalue weighted by Crippen LogP contribution is 2.20. The molecule has 0 atom stereocenters. The number of carbonyl (C=O) groups is 1. The normalized spacial score (nSPS) is 10.7. The Labute approximate surface area is 116 Å². The number of hydrogen-bond acceptors (Lipinski definition) is 2. The smallest absolute Gasteiger partial charge is 0.256 e. The molecule has 0 saturated carbocycles. The summed E-state index contributed by atoms with van der Waals surface area (Å²) in [6.45, 7) is 4.02. The fourth-order valence-corrected chi connectivity index (χ4v) is 2.31. The molecule has 20 heavy (non-hydrogen) atoms. The third-order valence-electron chi connectivity index (χ3n) is 3.36. The number of aryl methyl sites for hydroxylation is 2. The molecule has 1 heterocycles. The highest BCUT2D eigenvalue weighted by Gasteiger charge is 2.12. The summed E-state index contributed by atoms with van der Waals surface area (Å²) in [6, 6.07) is 11.5. The predicted octanol–water partition coefficient (Wildman–Crippen LogP) is 3.43. The number of benzene rings is 2. The maximum atomic E-state index is 12.4. The summed E-state index contributed by atoms with van der Waals surface area (Å²) in [5.41, 5.74) is 4.55. The van der Waals surface area contributed by atoms with Gasteiger partial charge in [-0.2, -0.15) is 5.10 Å². The summed E-state index contributed by atoms with van der Waals surface area (Å²) in [5, 5.41) is 10.6. The molecule has 0 bridgehead atoms. The molecule has 0 radical (unpaired) electrons. The molecular weight excluding hydrogens is 250 g/mol. The van der Waals surface area contributed by atoms with Gasteiger partial charge in [0.05, 0.1) is 17.3 Å². The third kappa shape index (κ3) is 2.16. The van der Waals surface area contributed by atoms with Crippen LogP contribution in [0.1, 0.15) is 21.5 Å². The van der Waals surface area contributed by atoms with Gasteiger partial charge in [-0.25, -0.2) is 0 Å². The highest BCUT2D eigenvalue weighted by molar-refractivity contribution is 6.12. The van der Waals surface area contributed by atoms with Crippen molar-refractivity contribution in [1.82, 2.24) is 10.2 Å². The number of amides is 1. The van der Waals surface area contributed by atoms with E-state index in [0.717, 1.165) is 22.2 Å². The molecule has 0 aliphatic carbocycles. The van der Waals surface area contributed by atoms with E-state index in [0.29, 0.717) is 5.56 Å². The first kappa shape index (κ1) is 12.4. The number of H-pyrrole nitrogens is 1. The van der Waals surface area contributed by atoms with Gasteiger partial charge in [-0.15, -0.1) is 0 Å². The maximum Gasteiger partial charge on any atom is 0.256 e. The molecule has 0 unspecified atom stereocenters. The first-order chi connectivity index (χ1) is 9.65. The molecule has 100 valence electrons. The molecule has 4 nitrogen and oxygen atoms in total. The van der Waals surface area contributed by atoms with Crippen molar-refractivity contribution in [3.63, 3.8) is 0 Å². The quantitative estimate of drug-likeness (QED) is 0.745. The van der Waals surface area contributed by atoms with Crippen LogP contribution < -0.4 is 5.32 Å². The number of rotatable bonds is 2. The molecule has 4 heteroatoms. The van der Waals surface area contributed by atoms with Crippen molar-refractivity contribution in [3.05, 3.63) is 59.3 Å². The van der Waals surface area contributed by atoms with E-state index >= 15 is 0 Å². The SMILES string of the molecule is Cc1ccc(NC(=O)c2cccc3[nH]ncc23)c(C)c1. The minimum absolute atomic E-state index is 0.121. The Balaban J connectivity index is 1.95. The zero-order valence-corrected chi connectivity index (χ0v) is 11.4. The van der Waals surface area contributed by atoms with Crippen molar-refractivity contribution >= 4 is 22.5 Å². The first-order valence-corrected chi connectivity index (χ1v) is 6.46. The van der Waals surface area contributed by atoms with Gasteiger partial charge in [-0.05, 0) is 37.6 Å². The summed E-state index contributed by atoms with van der Waals surface area (Å²) in [6.07, 6.45) is 1.67. The Kier molecular flexibility index (Phi) is 2.99. The topological polar surface area (TPSA) is 57.8 Å². The van der Waals surface area contributed by atoms with E-state index in [1.165, 1.54) is 5.56 Å². The number of fused-ring (bicyclic) bond motifs is 1. The first-order valence-electron chi connectivity index (χ1n) is 6.46. The number of nitrogens with one attached hydrogen (secondary N) is 2. The fraction of sp³-hybridized carbons (Fsp3) is 0.125. The minimum atomic E-state index is -0.121. The summed E-state index contributed by atoms with van der Waals surface area (Å²) < 4.78 is 0. The van der Waals surface area contributed by atoms with Gasteiger partial charge in [0.25, 0.3) is 5.91 Å². The van der Waals surface area contributed by atoms with E-state index in [-0.39, 0.29) is 5.91 Å². The maximum absolute atomic E-state index is 12.4. The Morgan fingerprint density at radius 1 is 1.20 bits per heavy atom. The van der Waals surface area contributed by atoms with Crippen LogP contribution in [-0.4, -0.2) is 16.1 Å². The Morgan fingerprint density at radius 2 is 2.05 bits per heavy atom. The van der Waals surface area contributed by atoms with Crippen LogP contribution in [0.15, 0.2) is 42.6 Å².